The van der Waals surface area contributed by atoms with Crippen LogP contribution in [0.15, 0.2) is 88.9 Å². The predicted molar refractivity (Wildman–Crippen MR) is 134 cm³/mol. The lowest BCUT2D eigenvalue weighted by molar-refractivity contribution is -0.117. The Hall–Kier alpha value is -4.37. The van der Waals surface area contributed by atoms with Crippen LogP contribution < -0.4 is 15.4 Å². The Morgan fingerprint density at radius 2 is 1.74 bits per heavy atom. The molecule has 2 N–H and O–H groups in total. The van der Waals surface area contributed by atoms with Gasteiger partial charge in [-0.3, -0.25) is 14.4 Å². The number of rotatable bonds is 9. The lowest BCUT2D eigenvalue weighted by Gasteiger charge is -2.22. The van der Waals surface area contributed by atoms with E-state index in [0.717, 1.165) is 0 Å². The fourth-order valence-corrected chi connectivity index (χ4v) is 4.00. The number of para-hydroxylation sites is 2. The molecule has 0 saturated carbocycles. The zero-order chi connectivity index (χ0) is 24.6. The Labute approximate surface area is 206 Å². The van der Waals surface area contributed by atoms with Crippen LogP contribution in [0.1, 0.15) is 25.8 Å². The minimum atomic E-state index is -0.380. The zero-order valence-corrected chi connectivity index (χ0v) is 19.7. The number of nitrogens with zero attached hydrogens (tertiary/aromatic N) is 1. The Morgan fingerprint density at radius 1 is 0.943 bits per heavy atom. The van der Waals surface area contributed by atoms with Gasteiger partial charge in [0, 0.05) is 11.3 Å². The van der Waals surface area contributed by atoms with Crippen LogP contribution in [0.25, 0.3) is 0 Å². The zero-order valence-electron chi connectivity index (χ0n) is 18.9. The first kappa shape index (κ1) is 23.8. The molecule has 35 heavy (non-hydrogen) atoms. The van der Waals surface area contributed by atoms with E-state index < -0.39 is 0 Å². The number of furan rings is 1. The van der Waals surface area contributed by atoms with Crippen molar-refractivity contribution in [1.29, 1.82) is 0 Å². The summed E-state index contributed by atoms with van der Waals surface area (Å²) in [5.41, 5.74) is 1.44. The molecule has 178 valence electrons. The number of ether oxygens (including phenoxy) is 1. The SMILES string of the molecule is COc1ccccc1NC(=O)CN(Cc1ccco1)C(=O)c1ccc(NC(=O)c2cccs2)cc1. The molecule has 2 heterocycles. The summed E-state index contributed by atoms with van der Waals surface area (Å²) in [6, 6.07) is 20.6. The second-order valence-corrected chi connectivity index (χ2v) is 8.45. The molecule has 0 atom stereocenters. The third-order valence-corrected chi connectivity index (χ3v) is 5.93. The second kappa shape index (κ2) is 11.2. The third-order valence-electron chi connectivity index (χ3n) is 5.06. The molecular formula is C26H23N3O5S. The summed E-state index contributed by atoms with van der Waals surface area (Å²) in [6.45, 7) is -0.0868. The fraction of sp³-hybridized carbons (Fsp3) is 0.115. The lowest BCUT2D eigenvalue weighted by atomic mass is 10.1. The van der Waals surface area contributed by atoms with Crippen LogP contribution in [0.2, 0.25) is 0 Å². The van der Waals surface area contributed by atoms with Crippen LogP contribution in [0.5, 0.6) is 5.75 Å². The van der Waals surface area contributed by atoms with Crippen LogP contribution in [-0.2, 0) is 11.3 Å². The smallest absolute Gasteiger partial charge is 0.265 e. The third kappa shape index (κ3) is 6.15. The quantitative estimate of drug-likeness (QED) is 0.349. The van der Waals surface area contributed by atoms with Crippen molar-refractivity contribution in [3.8, 4) is 5.75 Å². The maximum absolute atomic E-state index is 13.3. The topological polar surface area (TPSA) is 101 Å². The van der Waals surface area contributed by atoms with Crippen molar-refractivity contribution in [1.82, 2.24) is 4.90 Å². The molecule has 3 amide bonds. The average Bonchev–Trinajstić information content (AvgIpc) is 3.59. The number of anilines is 2. The molecule has 0 bridgehead atoms. The first-order valence-electron chi connectivity index (χ1n) is 10.7. The molecule has 0 aliphatic rings. The summed E-state index contributed by atoms with van der Waals surface area (Å²) in [5.74, 6) is 0.113. The van der Waals surface area contributed by atoms with Crippen LogP contribution >= 0.6 is 11.3 Å². The molecule has 2 aromatic carbocycles. The predicted octanol–water partition coefficient (Wildman–Crippen LogP) is 4.88. The summed E-state index contributed by atoms with van der Waals surface area (Å²) < 4.78 is 10.7. The van der Waals surface area contributed by atoms with Gasteiger partial charge in [0.05, 0.1) is 30.5 Å². The van der Waals surface area contributed by atoms with Gasteiger partial charge in [-0.05, 0) is 60.0 Å². The van der Waals surface area contributed by atoms with Gasteiger partial charge >= 0.3 is 0 Å². The molecule has 0 aliphatic heterocycles. The highest BCUT2D eigenvalue weighted by Gasteiger charge is 2.21. The van der Waals surface area contributed by atoms with E-state index in [9.17, 15) is 14.4 Å². The van der Waals surface area contributed by atoms with Gasteiger partial charge in [0.1, 0.15) is 18.1 Å². The van der Waals surface area contributed by atoms with Crippen molar-refractivity contribution in [2.24, 2.45) is 0 Å². The summed E-state index contributed by atoms with van der Waals surface area (Å²) in [6.07, 6.45) is 1.51. The highest BCUT2D eigenvalue weighted by Crippen LogP contribution is 2.23. The van der Waals surface area contributed by atoms with Gasteiger partial charge < -0.3 is 24.7 Å². The van der Waals surface area contributed by atoms with E-state index >= 15 is 0 Å². The Kier molecular flexibility index (Phi) is 7.59. The number of carbonyl (C=O) groups is 3. The largest absolute Gasteiger partial charge is 0.495 e. The van der Waals surface area contributed by atoms with Crippen molar-refractivity contribution in [3.05, 3.63) is 101 Å². The molecule has 2 aromatic heterocycles. The van der Waals surface area contributed by atoms with Gasteiger partial charge in [0.15, 0.2) is 0 Å². The highest BCUT2D eigenvalue weighted by atomic mass is 32.1. The fourth-order valence-electron chi connectivity index (χ4n) is 3.38. The molecule has 4 aromatic rings. The van der Waals surface area contributed by atoms with Crippen LogP contribution in [0, 0.1) is 0 Å². The normalized spacial score (nSPS) is 10.4. The highest BCUT2D eigenvalue weighted by molar-refractivity contribution is 7.12. The van der Waals surface area contributed by atoms with Crippen molar-refractivity contribution in [3.63, 3.8) is 0 Å². The lowest BCUT2D eigenvalue weighted by Crippen LogP contribution is -2.37. The molecular weight excluding hydrogens is 466 g/mol. The van der Waals surface area contributed by atoms with E-state index in [1.54, 1.807) is 72.8 Å². The van der Waals surface area contributed by atoms with E-state index in [0.29, 0.717) is 33.3 Å². The van der Waals surface area contributed by atoms with E-state index in [2.05, 4.69) is 10.6 Å². The maximum Gasteiger partial charge on any atom is 0.265 e. The van der Waals surface area contributed by atoms with Crippen molar-refractivity contribution in [2.45, 2.75) is 6.54 Å². The second-order valence-electron chi connectivity index (χ2n) is 7.50. The summed E-state index contributed by atoms with van der Waals surface area (Å²) >= 11 is 1.34. The summed E-state index contributed by atoms with van der Waals surface area (Å²) in [5, 5.41) is 7.42. The van der Waals surface area contributed by atoms with E-state index in [1.807, 2.05) is 5.38 Å². The van der Waals surface area contributed by atoms with E-state index in [4.69, 9.17) is 9.15 Å². The van der Waals surface area contributed by atoms with Gasteiger partial charge in [0.25, 0.3) is 11.8 Å². The summed E-state index contributed by atoms with van der Waals surface area (Å²) in [4.78, 5) is 40.3. The Morgan fingerprint density at radius 3 is 2.43 bits per heavy atom. The number of carbonyl (C=O) groups excluding carboxylic acids is 3. The van der Waals surface area contributed by atoms with Gasteiger partial charge in [-0.15, -0.1) is 11.3 Å². The van der Waals surface area contributed by atoms with Gasteiger partial charge in [0.2, 0.25) is 5.91 Å². The van der Waals surface area contributed by atoms with Crippen LogP contribution in [0.3, 0.4) is 0 Å². The number of amides is 3. The Bertz CT molecular complexity index is 1290. The van der Waals surface area contributed by atoms with Crippen molar-refractivity contribution >= 4 is 40.4 Å². The number of methoxy groups -OCH3 is 1. The standard InChI is InChI=1S/C26H23N3O5S/c1-33-22-8-3-2-7-21(22)28-24(30)17-29(16-20-6-4-14-34-20)26(32)18-10-12-19(13-11-18)27-25(31)23-9-5-15-35-23/h2-15H,16-17H2,1H3,(H,27,31)(H,28,30). The number of hydrogen-bond donors (Lipinski definition) is 2. The molecule has 0 saturated heterocycles. The number of benzene rings is 2. The van der Waals surface area contributed by atoms with Crippen molar-refractivity contribution < 1.29 is 23.5 Å². The van der Waals surface area contributed by atoms with Crippen molar-refractivity contribution in [2.75, 3.05) is 24.3 Å². The van der Waals surface area contributed by atoms with Crippen LogP contribution in [0.4, 0.5) is 11.4 Å². The molecule has 0 aliphatic carbocycles. The number of hydrogen-bond acceptors (Lipinski definition) is 6. The minimum Gasteiger partial charge on any atom is -0.495 e. The molecule has 8 nitrogen and oxygen atoms in total. The number of thiophene rings is 1. The van der Waals surface area contributed by atoms with E-state index in [1.165, 1.54) is 29.6 Å². The van der Waals surface area contributed by atoms with Gasteiger partial charge in [-0.25, -0.2) is 0 Å². The summed E-state index contributed by atoms with van der Waals surface area (Å²) in [7, 11) is 1.52. The molecule has 0 fully saturated rings. The van der Waals surface area contributed by atoms with E-state index in [-0.39, 0.29) is 30.8 Å². The molecule has 0 spiro atoms. The molecule has 9 heteroatoms. The average molecular weight is 490 g/mol. The minimum absolute atomic E-state index is 0.113. The number of nitrogens with one attached hydrogen (secondary N) is 2. The Balaban J connectivity index is 1.47. The molecule has 4 rings (SSSR count). The molecule has 0 radical (unpaired) electrons. The van der Waals surface area contributed by atoms with Crippen LogP contribution in [-0.4, -0.2) is 36.3 Å². The first-order valence-corrected chi connectivity index (χ1v) is 11.6. The van der Waals surface area contributed by atoms with Gasteiger partial charge in [-0.1, -0.05) is 18.2 Å². The van der Waals surface area contributed by atoms with Gasteiger partial charge in [-0.2, -0.15) is 0 Å². The first-order chi connectivity index (χ1) is 17.0. The monoisotopic (exact) mass is 489 g/mol. The molecule has 0 unspecified atom stereocenters. The maximum atomic E-state index is 13.3.